The van der Waals surface area contributed by atoms with Gasteiger partial charge in [-0.1, -0.05) is 11.6 Å². The van der Waals surface area contributed by atoms with E-state index in [1.807, 2.05) is 10.2 Å². The Morgan fingerprint density at radius 1 is 1.50 bits per heavy atom. The molecule has 2 heterocycles. The molecule has 1 aromatic heterocycles. The fraction of sp³-hybridized carbons (Fsp3) is 0.615. The molecule has 1 unspecified atom stereocenters. The highest BCUT2D eigenvalue weighted by Gasteiger charge is 2.31. The standard InChI is InChI=1S/C13H16ClF3N4O/c1-8-19-10(14)5-11(20-8)21-4-2-3-9(6-21)12(22)18-7-13(15,16)17/h5,9H,2-4,6-7H2,1H3,(H,18,22). The Morgan fingerprint density at radius 2 is 2.23 bits per heavy atom. The van der Waals surface area contributed by atoms with Crippen LogP contribution in [0.2, 0.25) is 5.15 Å². The number of aromatic nitrogens is 2. The van der Waals surface area contributed by atoms with Crippen molar-refractivity contribution in [2.75, 3.05) is 24.5 Å². The molecule has 1 atom stereocenters. The second kappa shape index (κ2) is 6.68. The molecule has 2 rings (SSSR count). The Labute approximate surface area is 130 Å². The van der Waals surface area contributed by atoms with E-state index in [-0.39, 0.29) is 0 Å². The molecule has 0 spiro atoms. The highest BCUT2D eigenvalue weighted by molar-refractivity contribution is 6.29. The van der Waals surface area contributed by atoms with E-state index >= 15 is 0 Å². The van der Waals surface area contributed by atoms with Crippen LogP contribution in [0.3, 0.4) is 0 Å². The van der Waals surface area contributed by atoms with Gasteiger partial charge in [-0.25, -0.2) is 9.97 Å². The van der Waals surface area contributed by atoms with Gasteiger partial charge in [0.05, 0.1) is 5.92 Å². The third-order valence-corrected chi connectivity index (χ3v) is 3.57. The fourth-order valence-corrected chi connectivity index (χ4v) is 2.63. The van der Waals surface area contributed by atoms with Crippen molar-refractivity contribution < 1.29 is 18.0 Å². The maximum Gasteiger partial charge on any atom is 0.405 e. The molecule has 9 heteroatoms. The summed E-state index contributed by atoms with van der Waals surface area (Å²) in [4.78, 5) is 21.9. The summed E-state index contributed by atoms with van der Waals surface area (Å²) in [5.74, 6) is 0.0148. The van der Waals surface area contributed by atoms with Gasteiger partial charge in [0.25, 0.3) is 0 Å². The van der Waals surface area contributed by atoms with Crippen LogP contribution in [0.1, 0.15) is 18.7 Å². The van der Waals surface area contributed by atoms with Gasteiger partial charge in [-0.2, -0.15) is 13.2 Å². The first-order valence-corrected chi connectivity index (χ1v) is 7.23. The van der Waals surface area contributed by atoms with Crippen LogP contribution in [0.4, 0.5) is 19.0 Å². The Balaban J connectivity index is 2.00. The van der Waals surface area contributed by atoms with Gasteiger partial charge in [0.1, 0.15) is 23.3 Å². The van der Waals surface area contributed by atoms with Gasteiger partial charge in [0.2, 0.25) is 5.91 Å². The molecule has 122 valence electrons. The van der Waals surface area contributed by atoms with Crippen molar-refractivity contribution in [1.29, 1.82) is 0 Å². The number of halogens is 4. The van der Waals surface area contributed by atoms with E-state index in [1.54, 1.807) is 13.0 Å². The first kappa shape index (κ1) is 16.8. The summed E-state index contributed by atoms with van der Waals surface area (Å²) in [7, 11) is 0. The van der Waals surface area contributed by atoms with Crippen LogP contribution in [0.25, 0.3) is 0 Å². The highest BCUT2D eigenvalue weighted by atomic mass is 35.5. The molecule has 1 saturated heterocycles. The molecular formula is C13H16ClF3N4O. The maximum atomic E-state index is 12.2. The molecule has 0 bridgehead atoms. The molecule has 0 aromatic carbocycles. The average molecular weight is 337 g/mol. The van der Waals surface area contributed by atoms with E-state index in [9.17, 15) is 18.0 Å². The Morgan fingerprint density at radius 3 is 2.86 bits per heavy atom. The van der Waals surface area contributed by atoms with Crippen molar-refractivity contribution in [1.82, 2.24) is 15.3 Å². The molecule has 1 amide bonds. The Bertz CT molecular complexity index is 532. The number of nitrogens with one attached hydrogen (secondary N) is 1. The van der Waals surface area contributed by atoms with Crippen LogP contribution in [0, 0.1) is 12.8 Å². The number of hydrogen-bond acceptors (Lipinski definition) is 4. The summed E-state index contributed by atoms with van der Waals surface area (Å²) in [5, 5.41) is 2.24. The largest absolute Gasteiger partial charge is 0.405 e. The molecule has 1 aliphatic rings. The summed E-state index contributed by atoms with van der Waals surface area (Å²) in [5.41, 5.74) is 0. The van der Waals surface area contributed by atoms with Crippen molar-refractivity contribution in [2.24, 2.45) is 5.92 Å². The molecule has 22 heavy (non-hydrogen) atoms. The third kappa shape index (κ3) is 4.72. The molecule has 1 aromatic rings. The smallest absolute Gasteiger partial charge is 0.356 e. The number of rotatable bonds is 3. The molecule has 1 fully saturated rings. The molecule has 0 radical (unpaired) electrons. The van der Waals surface area contributed by atoms with E-state index in [2.05, 4.69) is 9.97 Å². The van der Waals surface area contributed by atoms with Crippen molar-refractivity contribution >= 4 is 23.3 Å². The van der Waals surface area contributed by atoms with Crippen molar-refractivity contribution in [3.05, 3.63) is 17.0 Å². The minimum absolute atomic E-state index is 0.297. The van der Waals surface area contributed by atoms with Gasteiger partial charge < -0.3 is 10.2 Å². The minimum Gasteiger partial charge on any atom is -0.356 e. The summed E-state index contributed by atoms with van der Waals surface area (Å²) < 4.78 is 36.5. The van der Waals surface area contributed by atoms with Crippen LogP contribution in [-0.4, -0.2) is 41.7 Å². The average Bonchev–Trinajstić information content (AvgIpc) is 2.43. The number of hydrogen-bond donors (Lipinski definition) is 1. The first-order chi connectivity index (χ1) is 10.2. The predicted octanol–water partition coefficient (Wildman–Crippen LogP) is 2.33. The molecule has 1 aliphatic heterocycles. The molecule has 1 N–H and O–H groups in total. The number of alkyl halides is 3. The Kier molecular flexibility index (Phi) is 5.10. The Hall–Kier alpha value is -1.57. The van der Waals surface area contributed by atoms with E-state index in [0.717, 1.165) is 0 Å². The fourth-order valence-electron chi connectivity index (χ4n) is 2.41. The maximum absolute atomic E-state index is 12.2. The zero-order valence-corrected chi connectivity index (χ0v) is 12.7. The van der Waals surface area contributed by atoms with Crippen LogP contribution >= 0.6 is 11.6 Å². The minimum atomic E-state index is -4.40. The third-order valence-electron chi connectivity index (χ3n) is 3.37. The van der Waals surface area contributed by atoms with Crippen LogP contribution in [0.5, 0.6) is 0 Å². The van der Waals surface area contributed by atoms with Gasteiger partial charge in [-0.3, -0.25) is 4.79 Å². The molecule has 0 aliphatic carbocycles. The lowest BCUT2D eigenvalue weighted by Gasteiger charge is -2.33. The van der Waals surface area contributed by atoms with Crippen molar-refractivity contribution in [2.45, 2.75) is 25.9 Å². The van der Waals surface area contributed by atoms with Crippen LogP contribution < -0.4 is 10.2 Å². The van der Waals surface area contributed by atoms with E-state index in [1.165, 1.54) is 0 Å². The monoisotopic (exact) mass is 336 g/mol. The lowest BCUT2D eigenvalue weighted by Crippen LogP contribution is -2.45. The van der Waals surface area contributed by atoms with Gasteiger partial charge in [0, 0.05) is 19.2 Å². The number of carbonyl (C=O) groups is 1. The number of carbonyl (C=O) groups excluding carboxylic acids is 1. The number of nitrogens with zero attached hydrogens (tertiary/aromatic N) is 3. The summed E-state index contributed by atoms with van der Waals surface area (Å²) in [6.45, 7) is 1.39. The van der Waals surface area contributed by atoms with Crippen molar-refractivity contribution in [3.63, 3.8) is 0 Å². The summed E-state index contributed by atoms with van der Waals surface area (Å²) in [6.07, 6.45) is -3.15. The normalized spacial score (nSPS) is 19.1. The van der Waals surface area contributed by atoms with Gasteiger partial charge in [-0.15, -0.1) is 0 Å². The second-order valence-electron chi connectivity index (χ2n) is 5.21. The zero-order chi connectivity index (χ0) is 16.3. The zero-order valence-electron chi connectivity index (χ0n) is 12.0. The number of anilines is 1. The van der Waals surface area contributed by atoms with E-state index in [4.69, 9.17) is 11.6 Å². The summed E-state index contributed by atoms with van der Waals surface area (Å²) in [6, 6.07) is 1.59. The van der Waals surface area contributed by atoms with Gasteiger partial charge in [-0.05, 0) is 19.8 Å². The van der Waals surface area contributed by atoms with E-state index in [0.29, 0.717) is 42.7 Å². The lowest BCUT2D eigenvalue weighted by atomic mass is 9.97. The summed E-state index contributed by atoms with van der Waals surface area (Å²) >= 11 is 5.89. The quantitative estimate of drug-likeness (QED) is 0.861. The second-order valence-corrected chi connectivity index (χ2v) is 5.60. The lowest BCUT2D eigenvalue weighted by molar-refractivity contribution is -0.140. The number of aryl methyl sites for hydroxylation is 1. The van der Waals surface area contributed by atoms with Crippen molar-refractivity contribution in [3.8, 4) is 0 Å². The van der Waals surface area contributed by atoms with Gasteiger partial charge in [0.15, 0.2) is 0 Å². The molecular weight excluding hydrogens is 321 g/mol. The molecule has 5 nitrogen and oxygen atoms in total. The van der Waals surface area contributed by atoms with Crippen LogP contribution in [-0.2, 0) is 4.79 Å². The highest BCUT2D eigenvalue weighted by Crippen LogP contribution is 2.24. The topological polar surface area (TPSA) is 58.1 Å². The first-order valence-electron chi connectivity index (χ1n) is 6.85. The predicted molar refractivity (Wildman–Crippen MR) is 75.8 cm³/mol. The number of amides is 1. The van der Waals surface area contributed by atoms with Crippen LogP contribution in [0.15, 0.2) is 6.07 Å². The van der Waals surface area contributed by atoms with Gasteiger partial charge >= 0.3 is 6.18 Å². The molecule has 0 saturated carbocycles. The SMILES string of the molecule is Cc1nc(Cl)cc(N2CCCC(C(=O)NCC(F)(F)F)C2)n1. The number of piperidine rings is 1. The van der Waals surface area contributed by atoms with E-state index < -0.39 is 24.5 Å².